The van der Waals surface area contributed by atoms with Crippen molar-refractivity contribution in [3.8, 4) is 0 Å². The second-order valence-electron chi connectivity index (χ2n) is 4.91. The van der Waals surface area contributed by atoms with Crippen molar-refractivity contribution in [1.29, 1.82) is 0 Å². The molecule has 1 saturated heterocycles. The summed E-state index contributed by atoms with van der Waals surface area (Å²) < 4.78 is 0. The number of hydrogen-bond donors (Lipinski definition) is 2. The molecule has 1 aromatic rings. The first-order valence-electron chi connectivity index (χ1n) is 5.68. The average Bonchev–Trinajstić information content (AvgIpc) is 2.74. The number of nitrogens with one attached hydrogen (secondary N) is 1. The van der Waals surface area contributed by atoms with Crippen molar-refractivity contribution in [2.75, 3.05) is 25.9 Å². The number of nitrogen functional groups attached to an aromatic ring is 1. The van der Waals surface area contributed by atoms with E-state index in [4.69, 9.17) is 5.73 Å². The number of rotatable bonds is 0. The second-order valence-corrected chi connectivity index (χ2v) is 4.91. The molecule has 16 heavy (non-hydrogen) atoms. The molecule has 0 aliphatic carbocycles. The standard InChI is InChI=1S/C11H17N5/c1-7-14-9-8(10(12)15-7)5-13-11(9)3-4-16(2)6-11/h13H,3-6H2,1-2H3,(H2,12,14,15). The van der Waals surface area contributed by atoms with Gasteiger partial charge in [-0.25, -0.2) is 9.97 Å². The molecule has 3 N–H and O–H groups in total. The topological polar surface area (TPSA) is 67.1 Å². The highest BCUT2D eigenvalue weighted by Gasteiger charge is 2.45. The summed E-state index contributed by atoms with van der Waals surface area (Å²) in [4.78, 5) is 11.2. The normalized spacial score (nSPS) is 28.9. The van der Waals surface area contributed by atoms with E-state index in [-0.39, 0.29) is 5.54 Å². The van der Waals surface area contributed by atoms with Gasteiger partial charge in [-0.1, -0.05) is 0 Å². The molecular weight excluding hydrogens is 202 g/mol. The van der Waals surface area contributed by atoms with E-state index < -0.39 is 0 Å². The molecule has 2 aliphatic rings. The number of anilines is 1. The van der Waals surface area contributed by atoms with E-state index >= 15 is 0 Å². The van der Waals surface area contributed by atoms with Crippen LogP contribution >= 0.6 is 0 Å². The molecule has 1 atom stereocenters. The van der Waals surface area contributed by atoms with E-state index in [2.05, 4.69) is 27.2 Å². The fourth-order valence-electron chi connectivity index (χ4n) is 2.87. The zero-order valence-electron chi connectivity index (χ0n) is 9.75. The lowest BCUT2D eigenvalue weighted by Gasteiger charge is -2.24. The van der Waals surface area contributed by atoms with Crippen LogP contribution in [0.15, 0.2) is 0 Å². The minimum atomic E-state index is 0.0197. The molecule has 3 heterocycles. The van der Waals surface area contributed by atoms with Gasteiger partial charge in [0.1, 0.15) is 11.6 Å². The highest BCUT2D eigenvalue weighted by molar-refractivity contribution is 5.48. The second kappa shape index (κ2) is 3.15. The van der Waals surface area contributed by atoms with Crippen LogP contribution in [0.3, 0.4) is 0 Å². The zero-order chi connectivity index (χ0) is 11.3. The molecule has 86 valence electrons. The summed E-state index contributed by atoms with van der Waals surface area (Å²) in [6, 6.07) is 0. The van der Waals surface area contributed by atoms with Gasteiger partial charge in [-0.05, 0) is 20.4 Å². The molecule has 0 radical (unpaired) electrons. The Labute approximate surface area is 95.1 Å². The quantitative estimate of drug-likeness (QED) is 0.643. The summed E-state index contributed by atoms with van der Waals surface area (Å²) in [6.45, 7) is 4.82. The van der Waals surface area contributed by atoms with Crippen molar-refractivity contribution in [2.45, 2.75) is 25.4 Å². The van der Waals surface area contributed by atoms with E-state index in [1.807, 2.05) is 6.92 Å². The Balaban J connectivity index is 2.12. The molecule has 1 aromatic heterocycles. The van der Waals surface area contributed by atoms with Gasteiger partial charge in [0.25, 0.3) is 0 Å². The first-order chi connectivity index (χ1) is 7.61. The minimum Gasteiger partial charge on any atom is -0.383 e. The van der Waals surface area contributed by atoms with Crippen LogP contribution in [0, 0.1) is 6.92 Å². The molecule has 1 fully saturated rings. The van der Waals surface area contributed by atoms with Gasteiger partial charge in [-0.3, -0.25) is 0 Å². The highest BCUT2D eigenvalue weighted by Crippen LogP contribution is 2.38. The number of aryl methyl sites for hydroxylation is 1. The van der Waals surface area contributed by atoms with Crippen LogP contribution in [0.25, 0.3) is 0 Å². The third-order valence-corrected chi connectivity index (χ3v) is 3.67. The van der Waals surface area contributed by atoms with Crippen molar-refractivity contribution < 1.29 is 0 Å². The Bertz CT molecular complexity index is 444. The van der Waals surface area contributed by atoms with E-state index in [1.165, 1.54) is 0 Å². The molecule has 5 nitrogen and oxygen atoms in total. The van der Waals surface area contributed by atoms with E-state index in [1.54, 1.807) is 0 Å². The molecule has 0 aromatic carbocycles. The van der Waals surface area contributed by atoms with Gasteiger partial charge >= 0.3 is 0 Å². The van der Waals surface area contributed by atoms with Gasteiger partial charge in [0, 0.05) is 25.2 Å². The van der Waals surface area contributed by atoms with Crippen LogP contribution in [0.1, 0.15) is 23.5 Å². The number of nitrogens with two attached hydrogens (primary N) is 1. The van der Waals surface area contributed by atoms with Crippen LogP contribution in [0.2, 0.25) is 0 Å². The Morgan fingerprint density at radius 3 is 2.94 bits per heavy atom. The molecule has 2 aliphatic heterocycles. The summed E-state index contributed by atoms with van der Waals surface area (Å²) in [5.74, 6) is 1.41. The van der Waals surface area contributed by atoms with E-state index in [9.17, 15) is 0 Å². The summed E-state index contributed by atoms with van der Waals surface area (Å²) >= 11 is 0. The van der Waals surface area contributed by atoms with E-state index in [0.29, 0.717) is 5.82 Å². The zero-order valence-corrected chi connectivity index (χ0v) is 9.75. The van der Waals surface area contributed by atoms with Gasteiger partial charge in [-0.2, -0.15) is 0 Å². The predicted molar refractivity (Wildman–Crippen MR) is 61.8 cm³/mol. The van der Waals surface area contributed by atoms with E-state index in [0.717, 1.165) is 43.1 Å². The average molecular weight is 219 g/mol. The highest BCUT2D eigenvalue weighted by atomic mass is 15.2. The van der Waals surface area contributed by atoms with Crippen LogP contribution in [-0.4, -0.2) is 35.0 Å². The van der Waals surface area contributed by atoms with Gasteiger partial charge in [0.05, 0.1) is 11.2 Å². The van der Waals surface area contributed by atoms with Gasteiger partial charge in [0.15, 0.2) is 0 Å². The third-order valence-electron chi connectivity index (χ3n) is 3.67. The van der Waals surface area contributed by atoms with Gasteiger partial charge in [0.2, 0.25) is 0 Å². The molecule has 0 amide bonds. The summed E-state index contributed by atoms with van der Waals surface area (Å²) in [6.07, 6.45) is 1.10. The Morgan fingerprint density at radius 1 is 1.44 bits per heavy atom. The van der Waals surface area contributed by atoms with Gasteiger partial charge < -0.3 is 16.0 Å². The smallest absolute Gasteiger partial charge is 0.131 e. The SMILES string of the molecule is Cc1nc(N)c2c(n1)C1(CCN(C)C1)NC2. The maximum Gasteiger partial charge on any atom is 0.131 e. The third kappa shape index (κ3) is 1.25. The van der Waals surface area contributed by atoms with Crippen molar-refractivity contribution in [2.24, 2.45) is 0 Å². The number of aromatic nitrogens is 2. The Hall–Kier alpha value is -1.20. The molecule has 1 spiro atoms. The van der Waals surface area contributed by atoms with Gasteiger partial charge in [-0.15, -0.1) is 0 Å². The molecule has 5 heteroatoms. The van der Waals surface area contributed by atoms with Crippen molar-refractivity contribution in [3.05, 3.63) is 17.1 Å². The maximum atomic E-state index is 5.95. The number of fused-ring (bicyclic) bond motifs is 2. The molecule has 0 bridgehead atoms. The lowest BCUT2D eigenvalue weighted by atomic mass is 9.95. The van der Waals surface area contributed by atoms with Crippen LogP contribution in [-0.2, 0) is 12.1 Å². The minimum absolute atomic E-state index is 0.0197. The Morgan fingerprint density at radius 2 is 2.25 bits per heavy atom. The van der Waals surface area contributed by atoms with Crippen molar-refractivity contribution >= 4 is 5.82 Å². The fourth-order valence-corrected chi connectivity index (χ4v) is 2.87. The molecular formula is C11H17N5. The molecule has 1 unspecified atom stereocenters. The fraction of sp³-hybridized carbons (Fsp3) is 0.636. The first kappa shape index (κ1) is 9.99. The first-order valence-corrected chi connectivity index (χ1v) is 5.68. The largest absolute Gasteiger partial charge is 0.383 e. The predicted octanol–water partition coefficient (Wildman–Crippen LogP) is 0.00122. The number of nitrogens with zero attached hydrogens (tertiary/aromatic N) is 3. The lowest BCUT2D eigenvalue weighted by molar-refractivity contribution is 0.330. The summed E-state index contributed by atoms with van der Waals surface area (Å²) in [7, 11) is 2.14. The number of likely N-dealkylation sites (tertiary alicyclic amines) is 1. The molecule has 3 rings (SSSR count). The van der Waals surface area contributed by atoms with Crippen LogP contribution in [0.5, 0.6) is 0 Å². The van der Waals surface area contributed by atoms with Crippen molar-refractivity contribution in [3.63, 3.8) is 0 Å². The molecule has 0 saturated carbocycles. The maximum absolute atomic E-state index is 5.95. The van der Waals surface area contributed by atoms with Crippen molar-refractivity contribution in [1.82, 2.24) is 20.2 Å². The van der Waals surface area contributed by atoms with Crippen LogP contribution < -0.4 is 11.1 Å². The number of hydrogen-bond acceptors (Lipinski definition) is 5. The Kier molecular flexibility index (Phi) is 1.96. The summed E-state index contributed by atoms with van der Waals surface area (Å²) in [5.41, 5.74) is 8.20. The monoisotopic (exact) mass is 219 g/mol. The summed E-state index contributed by atoms with van der Waals surface area (Å²) in [5, 5.41) is 3.57. The van der Waals surface area contributed by atoms with Crippen LogP contribution in [0.4, 0.5) is 5.82 Å². The lowest BCUT2D eigenvalue weighted by Crippen LogP contribution is -2.39. The number of likely N-dealkylation sites (N-methyl/N-ethyl adjacent to an activating group) is 1.